The number of nitrogens with zero attached hydrogens (tertiary/aromatic N) is 3. The highest BCUT2D eigenvalue weighted by Crippen LogP contribution is 2.21. The highest BCUT2D eigenvalue weighted by atomic mass is 16.5. The van der Waals surface area contributed by atoms with Gasteiger partial charge in [0.1, 0.15) is 11.6 Å². The Morgan fingerprint density at radius 3 is 2.96 bits per heavy atom. The van der Waals surface area contributed by atoms with Gasteiger partial charge in [-0.05, 0) is 57.3 Å². The number of rotatable bonds is 8. The van der Waals surface area contributed by atoms with Gasteiger partial charge in [-0.2, -0.15) is 0 Å². The number of methoxy groups -OCH3 is 1. The summed E-state index contributed by atoms with van der Waals surface area (Å²) in [5, 5.41) is 0. The number of para-hydroxylation sites is 1. The molecule has 26 heavy (non-hydrogen) atoms. The molecule has 1 aliphatic heterocycles. The van der Waals surface area contributed by atoms with Gasteiger partial charge < -0.3 is 19.5 Å². The fourth-order valence-corrected chi connectivity index (χ4v) is 4.04. The van der Waals surface area contributed by atoms with Crippen molar-refractivity contribution < 1.29 is 4.74 Å². The largest absolute Gasteiger partial charge is 0.496 e. The second kappa shape index (κ2) is 9.19. The topological polar surface area (TPSA) is 44.4 Å². The van der Waals surface area contributed by atoms with E-state index in [-0.39, 0.29) is 0 Å². The van der Waals surface area contributed by atoms with Crippen LogP contribution in [0.15, 0.2) is 30.5 Å². The van der Waals surface area contributed by atoms with Gasteiger partial charge in [-0.15, -0.1) is 0 Å². The predicted molar refractivity (Wildman–Crippen MR) is 106 cm³/mol. The number of ether oxygens (including phenoxy) is 1. The molecule has 0 bridgehead atoms. The molecule has 0 spiro atoms. The summed E-state index contributed by atoms with van der Waals surface area (Å²) >= 11 is 0. The van der Waals surface area contributed by atoms with Gasteiger partial charge in [-0.3, -0.25) is 0 Å². The van der Waals surface area contributed by atoms with Crippen molar-refractivity contribution in [1.29, 1.82) is 0 Å². The number of imidazole rings is 1. The Morgan fingerprint density at radius 1 is 1.35 bits per heavy atom. The summed E-state index contributed by atoms with van der Waals surface area (Å²) in [5.74, 6) is 2.75. The number of hydrogen-bond donors (Lipinski definition) is 1. The smallest absolute Gasteiger partial charge is 0.122 e. The van der Waals surface area contributed by atoms with Crippen LogP contribution in [0.25, 0.3) is 0 Å². The van der Waals surface area contributed by atoms with Crippen molar-refractivity contribution >= 4 is 0 Å². The number of nitrogens with one attached hydrogen (secondary N) is 1. The molecule has 0 radical (unpaired) electrons. The molecule has 0 aliphatic carbocycles. The van der Waals surface area contributed by atoms with Crippen LogP contribution in [0.5, 0.6) is 5.75 Å². The van der Waals surface area contributed by atoms with E-state index in [4.69, 9.17) is 4.74 Å². The Kier molecular flexibility index (Phi) is 6.69. The molecule has 1 N–H and O–H groups in total. The van der Waals surface area contributed by atoms with Gasteiger partial charge >= 0.3 is 0 Å². The van der Waals surface area contributed by atoms with Crippen LogP contribution in [-0.2, 0) is 13.0 Å². The van der Waals surface area contributed by atoms with Crippen molar-refractivity contribution in [2.24, 2.45) is 5.92 Å². The van der Waals surface area contributed by atoms with E-state index in [0.717, 1.165) is 43.5 Å². The van der Waals surface area contributed by atoms with E-state index < -0.39 is 0 Å². The molecule has 2 heterocycles. The summed E-state index contributed by atoms with van der Waals surface area (Å²) < 4.78 is 5.48. The van der Waals surface area contributed by atoms with Crippen LogP contribution in [0.1, 0.15) is 29.9 Å². The molecule has 1 atom stereocenters. The number of hydrogen-bond acceptors (Lipinski definition) is 4. The highest BCUT2D eigenvalue weighted by Gasteiger charge is 2.21. The zero-order chi connectivity index (χ0) is 18.4. The van der Waals surface area contributed by atoms with Gasteiger partial charge in [0.15, 0.2) is 0 Å². The van der Waals surface area contributed by atoms with Crippen LogP contribution in [0, 0.1) is 12.8 Å². The lowest BCUT2D eigenvalue weighted by molar-refractivity contribution is 0.141. The van der Waals surface area contributed by atoms with E-state index in [0.29, 0.717) is 0 Å². The van der Waals surface area contributed by atoms with Gasteiger partial charge in [-0.1, -0.05) is 18.2 Å². The molecule has 1 aliphatic rings. The summed E-state index contributed by atoms with van der Waals surface area (Å²) in [7, 11) is 3.97. The molecule has 2 aromatic rings. The minimum Gasteiger partial charge on any atom is -0.496 e. The van der Waals surface area contributed by atoms with Gasteiger partial charge in [0.2, 0.25) is 0 Å². The minimum atomic E-state index is 0.746. The minimum absolute atomic E-state index is 0.746. The normalized spacial score (nSPS) is 18.4. The SMILES string of the molecule is COc1ccccc1CCN1CCC[C@H](CN(C)Cc2cnc(C)[nH]2)C1. The zero-order valence-electron chi connectivity index (χ0n) is 16.4. The maximum atomic E-state index is 5.48. The maximum Gasteiger partial charge on any atom is 0.122 e. The first kappa shape index (κ1) is 18.9. The van der Waals surface area contributed by atoms with Crippen LogP contribution in [0.2, 0.25) is 0 Å². The molecular weight excluding hydrogens is 324 g/mol. The summed E-state index contributed by atoms with van der Waals surface area (Å²) in [6, 6.07) is 8.38. The van der Waals surface area contributed by atoms with Crippen molar-refractivity contribution in [1.82, 2.24) is 19.8 Å². The molecule has 0 amide bonds. The van der Waals surface area contributed by atoms with Gasteiger partial charge in [0.25, 0.3) is 0 Å². The Morgan fingerprint density at radius 2 is 2.19 bits per heavy atom. The molecule has 3 rings (SSSR count). The predicted octanol–water partition coefficient (Wildman–Crippen LogP) is 3.11. The second-order valence-electron chi connectivity index (χ2n) is 7.56. The molecule has 142 valence electrons. The average molecular weight is 357 g/mol. The molecule has 0 unspecified atom stereocenters. The van der Waals surface area contributed by atoms with E-state index in [1.807, 2.05) is 19.2 Å². The highest BCUT2D eigenvalue weighted by molar-refractivity contribution is 5.33. The van der Waals surface area contributed by atoms with Crippen molar-refractivity contribution in [2.45, 2.75) is 32.7 Å². The van der Waals surface area contributed by atoms with Crippen LogP contribution >= 0.6 is 0 Å². The number of benzene rings is 1. The first-order valence-corrected chi connectivity index (χ1v) is 9.67. The van der Waals surface area contributed by atoms with Crippen LogP contribution in [0.3, 0.4) is 0 Å². The summed E-state index contributed by atoms with van der Waals surface area (Å²) in [6.07, 6.45) is 5.64. The van der Waals surface area contributed by atoms with E-state index >= 15 is 0 Å². The Labute approximate surface area is 157 Å². The van der Waals surface area contributed by atoms with E-state index in [1.165, 1.54) is 37.2 Å². The third-order valence-electron chi connectivity index (χ3n) is 5.26. The molecule has 5 heteroatoms. The van der Waals surface area contributed by atoms with E-state index in [9.17, 15) is 0 Å². The number of likely N-dealkylation sites (tertiary alicyclic amines) is 1. The first-order chi connectivity index (χ1) is 12.6. The summed E-state index contributed by atoms with van der Waals surface area (Å²) in [4.78, 5) is 12.7. The van der Waals surface area contributed by atoms with E-state index in [2.05, 4.69) is 45.0 Å². The van der Waals surface area contributed by atoms with Crippen LogP contribution in [-0.4, -0.2) is 60.1 Å². The zero-order valence-corrected chi connectivity index (χ0v) is 16.4. The molecule has 0 saturated carbocycles. The number of aromatic amines is 1. The lowest BCUT2D eigenvalue weighted by Crippen LogP contribution is -2.40. The molecule has 1 aromatic heterocycles. The van der Waals surface area contributed by atoms with Crippen molar-refractivity contribution in [3.8, 4) is 5.75 Å². The number of aromatic nitrogens is 2. The van der Waals surface area contributed by atoms with Crippen molar-refractivity contribution in [3.63, 3.8) is 0 Å². The van der Waals surface area contributed by atoms with Crippen molar-refractivity contribution in [3.05, 3.63) is 47.5 Å². The average Bonchev–Trinajstić information content (AvgIpc) is 3.05. The van der Waals surface area contributed by atoms with Crippen LogP contribution in [0.4, 0.5) is 0 Å². The lowest BCUT2D eigenvalue weighted by atomic mass is 9.97. The van der Waals surface area contributed by atoms with E-state index in [1.54, 1.807) is 7.11 Å². The molecule has 1 saturated heterocycles. The Balaban J connectivity index is 1.46. The molecular formula is C21H32N4O. The molecule has 5 nitrogen and oxygen atoms in total. The lowest BCUT2D eigenvalue weighted by Gasteiger charge is -2.34. The van der Waals surface area contributed by atoms with Crippen LogP contribution < -0.4 is 4.74 Å². The third-order valence-corrected chi connectivity index (χ3v) is 5.26. The third kappa shape index (κ3) is 5.32. The maximum absolute atomic E-state index is 5.48. The first-order valence-electron chi connectivity index (χ1n) is 9.67. The monoisotopic (exact) mass is 356 g/mol. The summed E-state index contributed by atoms with van der Waals surface area (Å²) in [6.45, 7) is 7.61. The second-order valence-corrected chi connectivity index (χ2v) is 7.56. The molecule has 1 fully saturated rings. The Bertz CT molecular complexity index is 684. The fraction of sp³-hybridized carbons (Fsp3) is 0.571. The number of aryl methyl sites for hydroxylation is 1. The van der Waals surface area contributed by atoms with Gasteiger partial charge in [0, 0.05) is 38.1 Å². The van der Waals surface area contributed by atoms with Gasteiger partial charge in [0.05, 0.1) is 7.11 Å². The summed E-state index contributed by atoms with van der Waals surface area (Å²) in [5.41, 5.74) is 2.51. The number of H-pyrrole nitrogens is 1. The molecule has 1 aromatic carbocycles. The standard InChI is InChI=1S/C21H32N4O/c1-17-22-13-20(23-17)16-24(2)14-18-7-6-11-25(15-18)12-10-19-8-4-5-9-21(19)26-3/h4-5,8-9,13,18H,6-7,10-12,14-16H2,1-3H3,(H,22,23)/t18-/m1/s1. The van der Waals surface area contributed by atoms with Gasteiger partial charge in [-0.25, -0.2) is 4.98 Å². The fourth-order valence-electron chi connectivity index (χ4n) is 4.04. The quantitative estimate of drug-likeness (QED) is 0.789. The van der Waals surface area contributed by atoms with Crippen molar-refractivity contribution in [2.75, 3.05) is 40.3 Å². The number of piperidine rings is 1. The Hall–Kier alpha value is -1.85.